The Kier molecular flexibility index (Phi) is 5.13. The van der Waals surface area contributed by atoms with Gasteiger partial charge in [-0.3, -0.25) is 9.69 Å². The van der Waals surface area contributed by atoms with E-state index in [1.54, 1.807) is 0 Å². The third-order valence-corrected chi connectivity index (χ3v) is 4.87. The summed E-state index contributed by atoms with van der Waals surface area (Å²) in [6.07, 6.45) is 0.964. The van der Waals surface area contributed by atoms with Crippen molar-refractivity contribution in [3.05, 3.63) is 0 Å². The monoisotopic (exact) mass is 229 g/mol. The molecule has 1 heterocycles. The molecule has 0 bridgehead atoms. The van der Waals surface area contributed by atoms with E-state index in [9.17, 15) is 4.79 Å². The second-order valence-electron chi connectivity index (χ2n) is 4.56. The molecule has 1 fully saturated rings. The normalized spacial score (nSPS) is 30.1. The van der Waals surface area contributed by atoms with Crippen LogP contribution in [0.4, 0.5) is 0 Å². The lowest BCUT2D eigenvalue weighted by molar-refractivity contribution is -0.124. The molecule has 0 aromatic carbocycles. The highest BCUT2D eigenvalue weighted by atomic mass is 32.2. The topological polar surface area (TPSA) is 20.3 Å². The van der Waals surface area contributed by atoms with Gasteiger partial charge in [-0.2, -0.15) is 11.8 Å². The molecule has 3 unspecified atom stereocenters. The average Bonchev–Trinajstić information content (AvgIpc) is 2.23. The molecule has 0 aromatic rings. The summed E-state index contributed by atoms with van der Waals surface area (Å²) in [4.78, 5) is 14.2. The highest BCUT2D eigenvalue weighted by molar-refractivity contribution is 8.00. The Hall–Kier alpha value is -0.0200. The Morgan fingerprint density at radius 2 is 2.20 bits per heavy atom. The van der Waals surface area contributed by atoms with Gasteiger partial charge in [-0.1, -0.05) is 20.8 Å². The smallest absolute Gasteiger partial charge is 0.149 e. The number of ketones is 1. The van der Waals surface area contributed by atoms with Gasteiger partial charge in [0.1, 0.15) is 5.78 Å². The Balaban J connectivity index is 2.46. The summed E-state index contributed by atoms with van der Waals surface area (Å²) in [6.45, 7) is 10.3. The molecule has 0 N–H and O–H groups in total. The van der Waals surface area contributed by atoms with E-state index in [2.05, 4.69) is 25.7 Å². The Morgan fingerprint density at radius 1 is 1.53 bits per heavy atom. The number of carbonyl (C=O) groups excluding carboxylic acids is 1. The SMILES string of the molecule is CCC(C)C(=O)CN1CCSC(C)C1C. The molecule has 1 aliphatic heterocycles. The minimum absolute atomic E-state index is 0.224. The molecule has 1 rings (SSSR count). The summed E-state index contributed by atoms with van der Waals surface area (Å²) in [5, 5.41) is 0.656. The third-order valence-electron chi connectivity index (χ3n) is 3.54. The van der Waals surface area contributed by atoms with Crippen LogP contribution in [-0.2, 0) is 4.79 Å². The van der Waals surface area contributed by atoms with Gasteiger partial charge in [0.15, 0.2) is 0 Å². The summed E-state index contributed by atoms with van der Waals surface area (Å²) < 4.78 is 0. The van der Waals surface area contributed by atoms with Crippen LogP contribution in [0, 0.1) is 5.92 Å². The summed E-state index contributed by atoms with van der Waals surface area (Å²) in [7, 11) is 0. The van der Waals surface area contributed by atoms with E-state index in [4.69, 9.17) is 0 Å². The average molecular weight is 229 g/mol. The molecule has 2 nitrogen and oxygen atoms in total. The summed E-state index contributed by atoms with van der Waals surface area (Å²) in [6, 6.07) is 0.539. The zero-order valence-corrected chi connectivity index (χ0v) is 11.1. The quantitative estimate of drug-likeness (QED) is 0.738. The van der Waals surface area contributed by atoms with Crippen LogP contribution in [0.3, 0.4) is 0 Å². The Bertz CT molecular complexity index is 220. The summed E-state index contributed by atoms with van der Waals surface area (Å²) >= 11 is 2.02. The van der Waals surface area contributed by atoms with Crippen molar-refractivity contribution < 1.29 is 4.79 Å². The van der Waals surface area contributed by atoms with Crippen molar-refractivity contribution in [2.24, 2.45) is 5.92 Å². The van der Waals surface area contributed by atoms with Gasteiger partial charge in [0.05, 0.1) is 6.54 Å². The van der Waals surface area contributed by atoms with Gasteiger partial charge >= 0.3 is 0 Å². The van der Waals surface area contributed by atoms with Gasteiger partial charge in [0.2, 0.25) is 0 Å². The number of thioether (sulfide) groups is 1. The molecule has 3 heteroatoms. The predicted octanol–water partition coefficient (Wildman–Crippen LogP) is 2.43. The van der Waals surface area contributed by atoms with Crippen LogP contribution in [0.5, 0.6) is 0 Å². The van der Waals surface area contributed by atoms with E-state index in [0.29, 0.717) is 23.6 Å². The fourth-order valence-electron chi connectivity index (χ4n) is 1.80. The molecule has 0 amide bonds. The first-order valence-corrected chi connectivity index (χ1v) is 6.99. The first-order chi connectivity index (χ1) is 7.06. The van der Waals surface area contributed by atoms with Gasteiger partial charge in [-0.15, -0.1) is 0 Å². The molecular weight excluding hydrogens is 206 g/mol. The largest absolute Gasteiger partial charge is 0.298 e. The molecule has 1 saturated heterocycles. The summed E-state index contributed by atoms with van der Waals surface area (Å²) in [5.41, 5.74) is 0. The van der Waals surface area contributed by atoms with Crippen LogP contribution in [0.2, 0.25) is 0 Å². The number of nitrogens with zero attached hydrogens (tertiary/aromatic N) is 1. The molecule has 3 atom stereocenters. The van der Waals surface area contributed by atoms with Crippen LogP contribution < -0.4 is 0 Å². The molecule has 1 aliphatic rings. The van der Waals surface area contributed by atoms with Crippen molar-refractivity contribution in [2.45, 2.75) is 45.4 Å². The van der Waals surface area contributed by atoms with Crippen molar-refractivity contribution >= 4 is 17.5 Å². The first-order valence-electron chi connectivity index (χ1n) is 5.94. The summed E-state index contributed by atoms with van der Waals surface area (Å²) in [5.74, 6) is 1.80. The lowest BCUT2D eigenvalue weighted by atomic mass is 10.0. The minimum Gasteiger partial charge on any atom is -0.298 e. The maximum atomic E-state index is 11.8. The highest BCUT2D eigenvalue weighted by Crippen LogP contribution is 2.24. The van der Waals surface area contributed by atoms with Crippen molar-refractivity contribution in [2.75, 3.05) is 18.8 Å². The van der Waals surface area contributed by atoms with Gasteiger partial charge in [0.25, 0.3) is 0 Å². The van der Waals surface area contributed by atoms with Crippen molar-refractivity contribution in [1.82, 2.24) is 4.90 Å². The molecule has 0 radical (unpaired) electrons. The van der Waals surface area contributed by atoms with E-state index in [1.165, 1.54) is 5.75 Å². The number of carbonyl (C=O) groups is 1. The van der Waals surface area contributed by atoms with Crippen LogP contribution in [-0.4, -0.2) is 40.8 Å². The fourth-order valence-corrected chi connectivity index (χ4v) is 2.96. The van der Waals surface area contributed by atoms with Crippen LogP contribution in [0.1, 0.15) is 34.1 Å². The number of rotatable bonds is 4. The number of Topliss-reactive ketones (excluding diaryl/α,β-unsaturated/α-hetero) is 1. The minimum atomic E-state index is 0.224. The molecule has 88 valence electrons. The van der Waals surface area contributed by atoms with Gasteiger partial charge in [0, 0.05) is 29.5 Å². The maximum absolute atomic E-state index is 11.8. The lowest BCUT2D eigenvalue weighted by Gasteiger charge is -2.37. The molecule has 0 spiro atoms. The Labute approximate surface area is 97.8 Å². The van der Waals surface area contributed by atoms with E-state index in [1.807, 2.05) is 18.7 Å². The van der Waals surface area contributed by atoms with E-state index in [0.717, 1.165) is 13.0 Å². The van der Waals surface area contributed by atoms with Crippen molar-refractivity contribution in [3.8, 4) is 0 Å². The Morgan fingerprint density at radius 3 is 2.80 bits per heavy atom. The van der Waals surface area contributed by atoms with Crippen LogP contribution in [0.15, 0.2) is 0 Å². The second kappa shape index (κ2) is 5.90. The lowest BCUT2D eigenvalue weighted by Crippen LogP contribution is -2.47. The fraction of sp³-hybridized carbons (Fsp3) is 0.917. The van der Waals surface area contributed by atoms with Crippen LogP contribution in [0.25, 0.3) is 0 Å². The van der Waals surface area contributed by atoms with Gasteiger partial charge < -0.3 is 0 Å². The second-order valence-corrected chi connectivity index (χ2v) is 6.05. The first kappa shape index (κ1) is 13.0. The van der Waals surface area contributed by atoms with E-state index >= 15 is 0 Å². The molecular formula is C12H23NOS. The standard InChI is InChI=1S/C12H23NOS/c1-5-9(2)12(14)8-13-6-7-15-11(4)10(13)3/h9-11H,5-8H2,1-4H3. The molecule has 0 saturated carbocycles. The molecule has 0 aromatic heterocycles. The third kappa shape index (κ3) is 3.49. The highest BCUT2D eigenvalue weighted by Gasteiger charge is 2.27. The predicted molar refractivity (Wildman–Crippen MR) is 67.4 cm³/mol. The van der Waals surface area contributed by atoms with Crippen molar-refractivity contribution in [3.63, 3.8) is 0 Å². The van der Waals surface area contributed by atoms with E-state index < -0.39 is 0 Å². The molecule has 0 aliphatic carbocycles. The van der Waals surface area contributed by atoms with E-state index in [-0.39, 0.29) is 5.92 Å². The zero-order chi connectivity index (χ0) is 11.4. The number of hydrogen-bond donors (Lipinski definition) is 0. The van der Waals surface area contributed by atoms with Crippen LogP contribution >= 0.6 is 11.8 Å². The molecule has 15 heavy (non-hydrogen) atoms. The number of hydrogen-bond acceptors (Lipinski definition) is 3. The maximum Gasteiger partial charge on any atom is 0.149 e. The zero-order valence-electron chi connectivity index (χ0n) is 10.3. The van der Waals surface area contributed by atoms with Gasteiger partial charge in [-0.05, 0) is 13.3 Å². The van der Waals surface area contributed by atoms with Crippen molar-refractivity contribution in [1.29, 1.82) is 0 Å². The van der Waals surface area contributed by atoms with Gasteiger partial charge in [-0.25, -0.2) is 0 Å².